The van der Waals surface area contributed by atoms with Crippen molar-refractivity contribution in [3.05, 3.63) is 102 Å². The van der Waals surface area contributed by atoms with Gasteiger partial charge < -0.3 is 30.5 Å². The third-order valence-corrected chi connectivity index (χ3v) is 6.98. The molecule has 0 radical (unpaired) electrons. The monoisotopic (exact) mass is 523 g/mol. The Labute approximate surface area is 228 Å². The van der Waals surface area contributed by atoms with E-state index in [9.17, 15) is 14.7 Å². The van der Waals surface area contributed by atoms with Crippen molar-refractivity contribution in [3.8, 4) is 0 Å². The summed E-state index contributed by atoms with van der Waals surface area (Å²) < 4.78 is 0. The van der Waals surface area contributed by atoms with Crippen molar-refractivity contribution in [2.24, 2.45) is 0 Å². The molecule has 1 saturated heterocycles. The molecule has 3 aromatic carbocycles. The van der Waals surface area contributed by atoms with Crippen molar-refractivity contribution < 1.29 is 14.7 Å². The van der Waals surface area contributed by atoms with E-state index < -0.39 is 0 Å². The first-order valence-corrected chi connectivity index (χ1v) is 13.3. The second kappa shape index (κ2) is 11.9. The van der Waals surface area contributed by atoms with Gasteiger partial charge in [0.1, 0.15) is 0 Å². The van der Waals surface area contributed by atoms with Crippen molar-refractivity contribution in [1.29, 1.82) is 0 Å². The number of hydrogen-bond donors (Lipinski definition) is 4. The Morgan fingerprint density at radius 3 is 2.08 bits per heavy atom. The number of aliphatic hydroxyl groups is 1. The zero-order valence-corrected chi connectivity index (χ0v) is 21.9. The van der Waals surface area contributed by atoms with Gasteiger partial charge in [0.25, 0.3) is 11.8 Å². The van der Waals surface area contributed by atoms with Gasteiger partial charge in [0.15, 0.2) is 0 Å². The van der Waals surface area contributed by atoms with E-state index in [1.807, 2.05) is 79.7 Å². The van der Waals surface area contributed by atoms with E-state index in [-0.39, 0.29) is 17.9 Å². The van der Waals surface area contributed by atoms with Crippen molar-refractivity contribution in [2.45, 2.75) is 25.9 Å². The van der Waals surface area contributed by atoms with Gasteiger partial charge in [-0.1, -0.05) is 0 Å². The van der Waals surface area contributed by atoms with Crippen LogP contribution in [0.3, 0.4) is 0 Å². The Kier molecular flexibility index (Phi) is 7.94. The molecule has 200 valence electrons. The maximum Gasteiger partial charge on any atom is 0.259 e. The molecule has 0 unspecified atom stereocenters. The van der Waals surface area contributed by atoms with Gasteiger partial charge in [-0.2, -0.15) is 0 Å². The minimum Gasteiger partial charge on any atom is -0.393 e. The van der Waals surface area contributed by atoms with Gasteiger partial charge in [0.2, 0.25) is 0 Å². The zero-order chi connectivity index (χ0) is 27.2. The van der Waals surface area contributed by atoms with Crippen molar-refractivity contribution in [1.82, 2.24) is 4.98 Å². The average Bonchev–Trinajstić information content (AvgIpc) is 3.51. The largest absolute Gasteiger partial charge is 0.393 e. The minimum atomic E-state index is -0.211. The number of rotatable bonds is 8. The highest BCUT2D eigenvalue weighted by molar-refractivity contribution is 6.06. The third kappa shape index (κ3) is 6.30. The lowest BCUT2D eigenvalue weighted by Crippen LogP contribution is -2.35. The molecule has 2 amide bonds. The Morgan fingerprint density at radius 2 is 1.49 bits per heavy atom. The maximum atomic E-state index is 12.8. The fourth-order valence-corrected chi connectivity index (χ4v) is 4.74. The van der Waals surface area contributed by atoms with Crippen LogP contribution in [0.15, 0.2) is 91.3 Å². The number of nitrogens with zero attached hydrogens (tertiary/aromatic N) is 2. The normalized spacial score (nSPS) is 13.6. The SMILES string of the molecule is CCN(C(=O)c1cc[nH]c1)c1ccc(Nc2ccc(NC(=O)c3ccc(N4CCC(O)CC4)cc3)cc2)cc1. The lowest BCUT2D eigenvalue weighted by atomic mass is 10.1. The second-order valence-corrected chi connectivity index (χ2v) is 9.62. The summed E-state index contributed by atoms with van der Waals surface area (Å²) in [6.07, 6.45) is 4.77. The first-order valence-electron chi connectivity index (χ1n) is 13.3. The van der Waals surface area contributed by atoms with Crippen LogP contribution < -0.4 is 20.4 Å². The van der Waals surface area contributed by atoms with Crippen LogP contribution in [-0.2, 0) is 0 Å². The molecule has 0 spiro atoms. The predicted octanol–water partition coefficient (Wildman–Crippen LogP) is 5.64. The number of hydrogen-bond acceptors (Lipinski definition) is 5. The molecule has 39 heavy (non-hydrogen) atoms. The topological polar surface area (TPSA) is 101 Å². The molecule has 1 aliphatic heterocycles. The summed E-state index contributed by atoms with van der Waals surface area (Å²) >= 11 is 0. The van der Waals surface area contributed by atoms with Gasteiger partial charge in [-0.15, -0.1) is 0 Å². The smallest absolute Gasteiger partial charge is 0.259 e. The van der Waals surface area contributed by atoms with Crippen LogP contribution in [0.2, 0.25) is 0 Å². The van der Waals surface area contributed by atoms with E-state index in [1.165, 1.54) is 0 Å². The molecule has 5 rings (SSSR count). The van der Waals surface area contributed by atoms with Gasteiger partial charge in [-0.3, -0.25) is 9.59 Å². The molecule has 0 bridgehead atoms. The van der Waals surface area contributed by atoms with Crippen LogP contribution in [0.25, 0.3) is 0 Å². The predicted molar refractivity (Wildman–Crippen MR) is 156 cm³/mol. The molecule has 2 heterocycles. The number of carbonyl (C=O) groups is 2. The Balaban J connectivity index is 1.16. The molecule has 1 fully saturated rings. The van der Waals surface area contributed by atoms with E-state index in [0.717, 1.165) is 48.7 Å². The summed E-state index contributed by atoms with van der Waals surface area (Å²) in [6, 6.07) is 24.6. The van der Waals surface area contributed by atoms with E-state index in [4.69, 9.17) is 0 Å². The Bertz CT molecular complexity index is 1380. The van der Waals surface area contributed by atoms with Crippen molar-refractivity contribution in [3.63, 3.8) is 0 Å². The molecular formula is C31H33N5O3. The molecule has 1 aliphatic rings. The van der Waals surface area contributed by atoms with Gasteiger partial charge in [0.05, 0.1) is 11.7 Å². The van der Waals surface area contributed by atoms with Gasteiger partial charge >= 0.3 is 0 Å². The number of aliphatic hydroxyl groups excluding tert-OH is 1. The number of nitrogens with one attached hydrogen (secondary N) is 3. The number of piperidine rings is 1. The highest BCUT2D eigenvalue weighted by Crippen LogP contribution is 2.24. The van der Waals surface area contributed by atoms with Crippen molar-refractivity contribution >= 4 is 40.3 Å². The first-order chi connectivity index (χ1) is 19.0. The van der Waals surface area contributed by atoms with Crippen LogP contribution in [-0.4, -0.2) is 47.6 Å². The summed E-state index contributed by atoms with van der Waals surface area (Å²) in [4.78, 5) is 32.4. The summed E-state index contributed by atoms with van der Waals surface area (Å²) in [5.41, 5.74) is 5.59. The number of anilines is 5. The highest BCUT2D eigenvalue weighted by Gasteiger charge is 2.18. The molecular weight excluding hydrogens is 490 g/mol. The number of amides is 2. The highest BCUT2D eigenvalue weighted by atomic mass is 16.3. The Morgan fingerprint density at radius 1 is 0.872 bits per heavy atom. The number of benzene rings is 3. The summed E-state index contributed by atoms with van der Waals surface area (Å²) in [5, 5.41) is 16.0. The van der Waals surface area contributed by atoms with E-state index in [0.29, 0.717) is 23.4 Å². The summed E-state index contributed by atoms with van der Waals surface area (Å²) in [5.74, 6) is -0.211. The molecule has 4 aromatic rings. The standard InChI is InChI=1S/C31H33N5O3/c1-2-36(31(39)23-15-18-32-21-23)28-13-9-25(10-14-28)33-24-5-7-26(8-6-24)34-30(38)22-3-11-27(12-4-22)35-19-16-29(37)17-20-35/h3-15,18,21,29,32-33,37H,2,16-17,19-20H2,1H3,(H,34,38). The van der Waals surface area contributed by atoms with Crippen molar-refractivity contribution in [2.75, 3.05) is 40.1 Å². The minimum absolute atomic E-state index is 0.0456. The molecule has 0 atom stereocenters. The molecule has 8 heteroatoms. The fraction of sp³-hybridized carbons (Fsp3) is 0.226. The molecule has 0 aliphatic carbocycles. The fourth-order valence-electron chi connectivity index (χ4n) is 4.74. The number of H-pyrrole nitrogens is 1. The number of aromatic nitrogens is 1. The maximum absolute atomic E-state index is 12.8. The molecule has 8 nitrogen and oxygen atoms in total. The quantitative estimate of drug-likeness (QED) is 0.240. The molecule has 0 saturated carbocycles. The Hall–Kier alpha value is -4.56. The zero-order valence-electron chi connectivity index (χ0n) is 21.9. The van der Waals surface area contributed by atoms with Gasteiger partial charge in [-0.05, 0) is 98.6 Å². The third-order valence-electron chi connectivity index (χ3n) is 6.98. The van der Waals surface area contributed by atoms with E-state index in [2.05, 4.69) is 20.5 Å². The van der Waals surface area contributed by atoms with Crippen LogP contribution in [0.4, 0.5) is 28.4 Å². The van der Waals surface area contributed by atoms with E-state index >= 15 is 0 Å². The molecule has 1 aromatic heterocycles. The van der Waals surface area contributed by atoms with Crippen LogP contribution >= 0.6 is 0 Å². The number of aromatic amines is 1. The lowest BCUT2D eigenvalue weighted by molar-refractivity contribution is 0.0986. The van der Waals surface area contributed by atoms with Gasteiger partial charge in [-0.25, -0.2) is 0 Å². The molecule has 4 N–H and O–H groups in total. The van der Waals surface area contributed by atoms with Crippen LogP contribution in [0.5, 0.6) is 0 Å². The lowest BCUT2D eigenvalue weighted by Gasteiger charge is -2.31. The average molecular weight is 524 g/mol. The van der Waals surface area contributed by atoms with E-state index in [1.54, 1.807) is 23.4 Å². The summed E-state index contributed by atoms with van der Waals surface area (Å²) in [6.45, 7) is 4.16. The van der Waals surface area contributed by atoms with Gasteiger partial charge in [0, 0.05) is 66.0 Å². The van der Waals surface area contributed by atoms with Crippen LogP contribution in [0, 0.1) is 0 Å². The van der Waals surface area contributed by atoms with Crippen LogP contribution in [0.1, 0.15) is 40.5 Å². The summed E-state index contributed by atoms with van der Waals surface area (Å²) in [7, 11) is 0. The number of carbonyl (C=O) groups excluding carboxylic acids is 2. The first kappa shape index (κ1) is 26.1. The second-order valence-electron chi connectivity index (χ2n) is 9.62.